The van der Waals surface area contributed by atoms with E-state index in [0.717, 1.165) is 34.7 Å². The van der Waals surface area contributed by atoms with E-state index < -0.39 is 6.10 Å². The quantitative estimate of drug-likeness (QED) is 0.790. The number of aliphatic imine (C=N–C) groups is 1. The lowest BCUT2D eigenvalue weighted by molar-refractivity contribution is 0.123. The second-order valence-electron chi connectivity index (χ2n) is 4.84. The van der Waals surface area contributed by atoms with Crippen molar-refractivity contribution >= 4 is 23.7 Å². The van der Waals surface area contributed by atoms with Gasteiger partial charge in [-0.05, 0) is 37.8 Å². The topological polar surface area (TPSA) is 54.7 Å². The molecule has 1 aromatic carbocycles. The van der Waals surface area contributed by atoms with Crippen LogP contribution < -0.4 is 4.74 Å². The van der Waals surface area contributed by atoms with Crippen LogP contribution in [-0.4, -0.2) is 29.5 Å². The van der Waals surface area contributed by atoms with Gasteiger partial charge in [-0.1, -0.05) is 13.3 Å². The average molecular weight is 304 g/mol. The van der Waals surface area contributed by atoms with E-state index in [0.29, 0.717) is 5.75 Å². The van der Waals surface area contributed by atoms with Gasteiger partial charge in [-0.25, -0.2) is 4.98 Å². The summed E-state index contributed by atoms with van der Waals surface area (Å²) >= 11 is 1.61. The number of nitrogens with zero attached hydrogens (tertiary/aromatic N) is 2. The molecule has 0 bridgehead atoms. The lowest BCUT2D eigenvalue weighted by Gasteiger charge is -2.16. The third-order valence-corrected chi connectivity index (χ3v) is 3.85. The Morgan fingerprint density at radius 1 is 1.48 bits per heavy atom. The predicted octanol–water partition coefficient (Wildman–Crippen LogP) is 3.85. The zero-order chi connectivity index (χ0) is 15.2. The van der Waals surface area contributed by atoms with Crippen LogP contribution in [0.25, 0.3) is 10.6 Å². The molecule has 0 aliphatic heterocycles. The molecule has 0 aliphatic carbocycles. The van der Waals surface area contributed by atoms with Crippen molar-refractivity contribution in [2.24, 2.45) is 4.99 Å². The van der Waals surface area contributed by atoms with Crippen LogP contribution in [0.5, 0.6) is 5.75 Å². The van der Waals surface area contributed by atoms with Gasteiger partial charge in [0.25, 0.3) is 0 Å². The number of benzene rings is 1. The molecule has 21 heavy (non-hydrogen) atoms. The largest absolute Gasteiger partial charge is 0.489 e. The number of hydrogen-bond donors (Lipinski definition) is 1. The maximum Gasteiger partial charge on any atom is 0.145 e. The minimum atomic E-state index is -0.518. The number of thiazole rings is 1. The van der Waals surface area contributed by atoms with Gasteiger partial charge in [0.15, 0.2) is 0 Å². The maximum atomic E-state index is 9.38. The van der Waals surface area contributed by atoms with Crippen LogP contribution in [0.2, 0.25) is 0 Å². The van der Waals surface area contributed by atoms with E-state index in [4.69, 9.17) is 4.74 Å². The molecule has 1 atom stereocenters. The Morgan fingerprint density at radius 3 is 2.86 bits per heavy atom. The molecule has 4 nitrogen and oxygen atoms in total. The molecular formula is C16H20N2O2S. The lowest BCUT2D eigenvalue weighted by Crippen LogP contribution is -2.13. The Bertz CT molecular complexity index is 595. The summed E-state index contributed by atoms with van der Waals surface area (Å²) < 4.78 is 5.65. The second kappa shape index (κ2) is 7.33. The normalized spacial score (nSPS) is 12.1. The Kier molecular flexibility index (Phi) is 5.47. The molecule has 1 aromatic heterocycles. The van der Waals surface area contributed by atoms with Gasteiger partial charge in [0, 0.05) is 17.1 Å². The van der Waals surface area contributed by atoms with E-state index in [-0.39, 0.29) is 6.61 Å². The molecule has 0 radical (unpaired) electrons. The second-order valence-corrected chi connectivity index (χ2v) is 5.74. The minimum absolute atomic E-state index is 0.241. The first-order valence-electron chi connectivity index (χ1n) is 7.00. The van der Waals surface area contributed by atoms with Crippen molar-refractivity contribution in [2.45, 2.75) is 32.8 Å². The summed E-state index contributed by atoms with van der Waals surface area (Å²) in [5.74, 6) is 0.662. The summed E-state index contributed by atoms with van der Waals surface area (Å²) in [6.45, 7) is 7.73. The van der Waals surface area contributed by atoms with Crippen LogP contribution in [-0.2, 0) is 6.42 Å². The number of aliphatic hydroxyl groups excluding tert-OH is 1. The third kappa shape index (κ3) is 3.68. The summed E-state index contributed by atoms with van der Waals surface area (Å²) in [7, 11) is 0. The molecule has 0 amide bonds. The monoisotopic (exact) mass is 304 g/mol. The molecule has 0 spiro atoms. The van der Waals surface area contributed by atoms with Gasteiger partial charge in [0.05, 0.1) is 6.10 Å². The molecule has 112 valence electrons. The zero-order valence-corrected chi connectivity index (χ0v) is 13.2. The number of aromatic nitrogens is 1. The molecule has 1 heterocycles. The molecule has 2 aromatic rings. The summed E-state index contributed by atoms with van der Waals surface area (Å²) in [6.07, 6.45) is 3.17. The van der Waals surface area contributed by atoms with Crippen molar-refractivity contribution in [2.75, 3.05) is 6.61 Å². The van der Waals surface area contributed by atoms with Crippen molar-refractivity contribution < 1.29 is 9.84 Å². The van der Waals surface area contributed by atoms with E-state index in [1.54, 1.807) is 24.5 Å². The summed E-state index contributed by atoms with van der Waals surface area (Å²) in [6, 6.07) is 3.89. The van der Waals surface area contributed by atoms with Crippen LogP contribution >= 0.6 is 11.3 Å². The van der Waals surface area contributed by atoms with Crippen molar-refractivity contribution in [3.63, 3.8) is 0 Å². The summed E-state index contributed by atoms with van der Waals surface area (Å²) in [5.41, 5.74) is 2.94. The molecule has 5 heteroatoms. The van der Waals surface area contributed by atoms with E-state index >= 15 is 0 Å². The molecule has 0 fully saturated rings. The van der Waals surface area contributed by atoms with Gasteiger partial charge in [-0.3, -0.25) is 4.99 Å². The van der Waals surface area contributed by atoms with Gasteiger partial charge in [0.1, 0.15) is 23.1 Å². The van der Waals surface area contributed by atoms with E-state index in [9.17, 15) is 5.11 Å². The predicted molar refractivity (Wildman–Crippen MR) is 87.9 cm³/mol. The maximum absolute atomic E-state index is 9.38. The van der Waals surface area contributed by atoms with Gasteiger partial charge >= 0.3 is 0 Å². The van der Waals surface area contributed by atoms with Gasteiger partial charge in [0.2, 0.25) is 0 Å². The first-order chi connectivity index (χ1) is 10.2. The number of ether oxygens (including phenoxy) is 1. The SMILES string of the molecule is C=Nc1c(OCC(C)O)ccc(-c2nccs2)c1CCC. The van der Waals surface area contributed by atoms with Gasteiger partial charge < -0.3 is 9.84 Å². The van der Waals surface area contributed by atoms with Crippen LogP contribution in [0.4, 0.5) is 5.69 Å². The van der Waals surface area contributed by atoms with Crippen molar-refractivity contribution in [1.82, 2.24) is 4.98 Å². The van der Waals surface area contributed by atoms with Crippen molar-refractivity contribution in [3.8, 4) is 16.3 Å². The first kappa shape index (κ1) is 15.7. The Labute approximate surface area is 129 Å². The van der Waals surface area contributed by atoms with Crippen molar-refractivity contribution in [3.05, 3.63) is 29.3 Å². The summed E-state index contributed by atoms with van der Waals surface area (Å²) in [5, 5.41) is 12.3. The smallest absolute Gasteiger partial charge is 0.145 e. The van der Waals surface area contributed by atoms with Crippen LogP contribution in [0, 0.1) is 0 Å². The van der Waals surface area contributed by atoms with E-state index in [1.165, 1.54) is 0 Å². The molecule has 0 saturated heterocycles. The van der Waals surface area contributed by atoms with Gasteiger partial charge in [-0.2, -0.15) is 0 Å². The molecule has 0 saturated carbocycles. The standard InChI is InChI=1S/C16H20N2O2S/c1-4-5-12-13(16-18-8-9-21-16)6-7-14(15(12)17-3)20-10-11(2)19/h6-9,11,19H,3-5,10H2,1-2H3. The highest BCUT2D eigenvalue weighted by molar-refractivity contribution is 7.13. The molecule has 1 unspecified atom stereocenters. The Hall–Kier alpha value is -1.72. The van der Waals surface area contributed by atoms with Crippen LogP contribution in [0.3, 0.4) is 0 Å². The Balaban J connectivity index is 2.46. The fraction of sp³-hybridized carbons (Fsp3) is 0.375. The molecule has 0 aliphatic rings. The fourth-order valence-corrected chi connectivity index (χ4v) is 2.87. The lowest BCUT2D eigenvalue weighted by atomic mass is 10.0. The highest BCUT2D eigenvalue weighted by Gasteiger charge is 2.16. The van der Waals surface area contributed by atoms with E-state index in [2.05, 4.69) is 23.6 Å². The molecular weight excluding hydrogens is 284 g/mol. The van der Waals surface area contributed by atoms with Crippen molar-refractivity contribution in [1.29, 1.82) is 0 Å². The fourth-order valence-electron chi connectivity index (χ4n) is 2.17. The minimum Gasteiger partial charge on any atom is -0.489 e. The third-order valence-electron chi connectivity index (χ3n) is 3.05. The number of hydrogen-bond acceptors (Lipinski definition) is 5. The number of rotatable bonds is 7. The summed E-state index contributed by atoms with van der Waals surface area (Å²) in [4.78, 5) is 8.54. The average Bonchev–Trinajstić information content (AvgIpc) is 2.99. The van der Waals surface area contributed by atoms with E-state index in [1.807, 2.05) is 17.5 Å². The molecule has 2 rings (SSSR count). The number of aliphatic hydroxyl groups is 1. The van der Waals surface area contributed by atoms with Crippen LogP contribution in [0.15, 0.2) is 28.7 Å². The van der Waals surface area contributed by atoms with Crippen LogP contribution in [0.1, 0.15) is 25.8 Å². The zero-order valence-electron chi connectivity index (χ0n) is 12.4. The molecule has 1 N–H and O–H groups in total. The highest BCUT2D eigenvalue weighted by Crippen LogP contribution is 2.39. The Morgan fingerprint density at radius 2 is 2.29 bits per heavy atom. The first-order valence-corrected chi connectivity index (χ1v) is 7.88. The highest BCUT2D eigenvalue weighted by atomic mass is 32.1. The van der Waals surface area contributed by atoms with Gasteiger partial charge in [-0.15, -0.1) is 11.3 Å².